The normalized spacial score (nSPS) is 18.3. The number of ether oxygens (including phenoxy) is 1. The van der Waals surface area contributed by atoms with Crippen LogP contribution in [0.4, 0.5) is 0 Å². The minimum absolute atomic E-state index is 0.0787. The minimum atomic E-state index is -0.804. The number of rotatable bonds is 5. The van der Waals surface area contributed by atoms with Gasteiger partial charge in [-0.2, -0.15) is 0 Å². The third-order valence-corrected chi connectivity index (χ3v) is 2.59. The monoisotopic (exact) mass is 230 g/mol. The van der Waals surface area contributed by atoms with Crippen LogP contribution < -0.4 is 5.32 Å². The van der Waals surface area contributed by atoms with E-state index in [4.69, 9.17) is 9.84 Å². The number of methoxy groups -OCH3 is 1. The zero-order valence-electron chi connectivity index (χ0n) is 9.44. The van der Waals surface area contributed by atoms with Gasteiger partial charge in [0.15, 0.2) is 0 Å². The van der Waals surface area contributed by atoms with E-state index in [1.54, 1.807) is 0 Å². The van der Waals surface area contributed by atoms with Crippen molar-refractivity contribution in [2.45, 2.75) is 18.9 Å². The maximum Gasteiger partial charge on any atom is 0.317 e. The molecule has 0 aliphatic carbocycles. The molecule has 0 aromatic heterocycles. The lowest BCUT2D eigenvalue weighted by Crippen LogP contribution is -2.46. The van der Waals surface area contributed by atoms with E-state index in [0.29, 0.717) is 13.1 Å². The molecule has 6 heteroatoms. The highest BCUT2D eigenvalue weighted by atomic mass is 16.5. The first kappa shape index (κ1) is 12.9. The van der Waals surface area contributed by atoms with Crippen LogP contribution in [0.1, 0.15) is 12.8 Å². The first-order chi connectivity index (χ1) is 7.61. The van der Waals surface area contributed by atoms with E-state index in [9.17, 15) is 9.59 Å². The summed E-state index contributed by atoms with van der Waals surface area (Å²) in [6.45, 7) is 1.59. The van der Waals surface area contributed by atoms with Gasteiger partial charge in [-0.1, -0.05) is 0 Å². The second kappa shape index (κ2) is 6.44. The van der Waals surface area contributed by atoms with E-state index in [2.05, 4.69) is 5.32 Å². The molecule has 0 spiro atoms. The molecule has 92 valence electrons. The number of carboxylic acids is 1. The van der Waals surface area contributed by atoms with Crippen molar-refractivity contribution >= 4 is 11.9 Å². The Labute approximate surface area is 94.6 Å². The van der Waals surface area contributed by atoms with Gasteiger partial charge in [0.05, 0.1) is 6.54 Å². The van der Waals surface area contributed by atoms with Gasteiger partial charge in [0.2, 0.25) is 5.91 Å². The van der Waals surface area contributed by atoms with E-state index < -0.39 is 5.97 Å². The predicted octanol–water partition coefficient (Wildman–Crippen LogP) is -0.702. The van der Waals surface area contributed by atoms with Crippen molar-refractivity contribution in [1.29, 1.82) is 0 Å². The van der Waals surface area contributed by atoms with E-state index in [0.717, 1.165) is 12.8 Å². The summed E-state index contributed by atoms with van der Waals surface area (Å²) >= 11 is 0. The Kier molecular flexibility index (Phi) is 5.21. The van der Waals surface area contributed by atoms with Crippen LogP contribution in [-0.2, 0) is 14.3 Å². The van der Waals surface area contributed by atoms with Crippen molar-refractivity contribution in [1.82, 2.24) is 10.2 Å². The van der Waals surface area contributed by atoms with Crippen molar-refractivity contribution in [3.8, 4) is 0 Å². The number of nitrogens with zero attached hydrogens (tertiary/aromatic N) is 1. The number of amides is 1. The lowest BCUT2D eigenvalue weighted by atomic mass is 10.1. The molecule has 0 aromatic carbocycles. The largest absolute Gasteiger partial charge is 0.480 e. The van der Waals surface area contributed by atoms with Gasteiger partial charge in [-0.3, -0.25) is 14.5 Å². The summed E-state index contributed by atoms with van der Waals surface area (Å²) in [4.78, 5) is 23.6. The molecule has 2 N–H and O–H groups in total. The number of carbonyl (C=O) groups excluding carboxylic acids is 1. The Hall–Kier alpha value is -1.14. The number of hydrogen-bond donors (Lipinski definition) is 2. The van der Waals surface area contributed by atoms with Crippen molar-refractivity contribution in [2.75, 3.05) is 33.4 Å². The number of aliphatic carboxylic acids is 1. The summed E-state index contributed by atoms with van der Waals surface area (Å²) in [5, 5.41) is 11.5. The Morgan fingerprint density at radius 3 is 2.56 bits per heavy atom. The molecule has 0 saturated carbocycles. The molecular weight excluding hydrogens is 212 g/mol. The fraction of sp³-hybridized carbons (Fsp3) is 0.800. The van der Waals surface area contributed by atoms with Crippen LogP contribution in [0.2, 0.25) is 0 Å². The SMILES string of the molecule is COCC(=O)NC1CCN(CC(=O)O)CC1. The molecule has 1 aliphatic rings. The highest BCUT2D eigenvalue weighted by Crippen LogP contribution is 2.09. The van der Waals surface area contributed by atoms with Crippen molar-refractivity contribution in [3.05, 3.63) is 0 Å². The third kappa shape index (κ3) is 4.59. The Morgan fingerprint density at radius 2 is 2.06 bits per heavy atom. The molecule has 0 unspecified atom stereocenters. The predicted molar refractivity (Wildman–Crippen MR) is 57.1 cm³/mol. The van der Waals surface area contributed by atoms with Crippen LogP contribution in [0.3, 0.4) is 0 Å². The van der Waals surface area contributed by atoms with E-state index >= 15 is 0 Å². The van der Waals surface area contributed by atoms with Crippen molar-refractivity contribution in [2.24, 2.45) is 0 Å². The average Bonchev–Trinajstić information content (AvgIpc) is 2.20. The Balaban J connectivity index is 2.21. The molecule has 1 rings (SSSR count). The van der Waals surface area contributed by atoms with Gasteiger partial charge in [0.1, 0.15) is 6.61 Å². The van der Waals surface area contributed by atoms with E-state index in [1.165, 1.54) is 7.11 Å². The van der Waals surface area contributed by atoms with Gasteiger partial charge in [-0.15, -0.1) is 0 Å². The van der Waals surface area contributed by atoms with Crippen LogP contribution in [0.5, 0.6) is 0 Å². The molecule has 0 aromatic rings. The summed E-state index contributed by atoms with van der Waals surface area (Å²) in [6.07, 6.45) is 1.59. The highest BCUT2D eigenvalue weighted by molar-refractivity contribution is 5.77. The van der Waals surface area contributed by atoms with Crippen molar-refractivity contribution in [3.63, 3.8) is 0 Å². The first-order valence-electron chi connectivity index (χ1n) is 5.34. The lowest BCUT2D eigenvalue weighted by Gasteiger charge is -2.31. The maximum absolute atomic E-state index is 11.2. The number of likely N-dealkylation sites (tertiary alicyclic amines) is 1. The summed E-state index contributed by atoms with van der Waals surface area (Å²) < 4.78 is 4.72. The molecule has 6 nitrogen and oxygen atoms in total. The lowest BCUT2D eigenvalue weighted by molar-refractivity contribution is -0.138. The molecule has 16 heavy (non-hydrogen) atoms. The first-order valence-corrected chi connectivity index (χ1v) is 5.34. The molecule has 1 aliphatic heterocycles. The van der Waals surface area contributed by atoms with Gasteiger partial charge < -0.3 is 15.2 Å². The van der Waals surface area contributed by atoms with E-state index in [1.807, 2.05) is 4.90 Å². The maximum atomic E-state index is 11.2. The number of nitrogens with one attached hydrogen (secondary N) is 1. The quantitative estimate of drug-likeness (QED) is 0.653. The number of carbonyl (C=O) groups is 2. The molecule has 1 fully saturated rings. The Bertz CT molecular complexity index is 249. The van der Waals surface area contributed by atoms with Gasteiger partial charge in [0, 0.05) is 26.2 Å². The van der Waals surface area contributed by atoms with Gasteiger partial charge >= 0.3 is 5.97 Å². The molecule has 0 radical (unpaired) electrons. The number of carboxylic acid groups (broad SMARTS) is 1. The van der Waals surface area contributed by atoms with E-state index in [-0.39, 0.29) is 25.1 Å². The fourth-order valence-corrected chi connectivity index (χ4v) is 1.83. The number of piperidine rings is 1. The van der Waals surface area contributed by atoms with Crippen LogP contribution in [0, 0.1) is 0 Å². The van der Waals surface area contributed by atoms with Gasteiger partial charge in [0.25, 0.3) is 0 Å². The highest BCUT2D eigenvalue weighted by Gasteiger charge is 2.21. The van der Waals surface area contributed by atoms with Gasteiger partial charge in [-0.05, 0) is 12.8 Å². The zero-order chi connectivity index (χ0) is 12.0. The summed E-state index contributed by atoms with van der Waals surface area (Å²) in [5.74, 6) is -0.916. The second-order valence-corrected chi connectivity index (χ2v) is 3.94. The molecular formula is C10H18N2O4. The smallest absolute Gasteiger partial charge is 0.317 e. The zero-order valence-corrected chi connectivity index (χ0v) is 9.44. The molecule has 0 atom stereocenters. The molecule has 1 saturated heterocycles. The fourth-order valence-electron chi connectivity index (χ4n) is 1.83. The summed E-state index contributed by atoms with van der Waals surface area (Å²) in [6, 6.07) is 0.146. The third-order valence-electron chi connectivity index (χ3n) is 2.59. The van der Waals surface area contributed by atoms with Crippen LogP contribution >= 0.6 is 0 Å². The Morgan fingerprint density at radius 1 is 1.44 bits per heavy atom. The molecule has 1 amide bonds. The van der Waals surface area contributed by atoms with Crippen molar-refractivity contribution < 1.29 is 19.4 Å². The van der Waals surface area contributed by atoms with Crippen LogP contribution in [0.25, 0.3) is 0 Å². The molecule has 1 heterocycles. The standard InChI is InChI=1S/C10H18N2O4/c1-16-7-9(13)11-8-2-4-12(5-3-8)6-10(14)15/h8H,2-7H2,1H3,(H,11,13)(H,14,15). The molecule has 0 bridgehead atoms. The average molecular weight is 230 g/mol. The van der Waals surface area contributed by atoms with Crippen LogP contribution in [-0.4, -0.2) is 61.3 Å². The van der Waals surface area contributed by atoms with Crippen LogP contribution in [0.15, 0.2) is 0 Å². The summed E-state index contributed by atoms with van der Waals surface area (Å²) in [7, 11) is 1.48. The topological polar surface area (TPSA) is 78.9 Å². The summed E-state index contributed by atoms with van der Waals surface area (Å²) in [5.41, 5.74) is 0. The number of hydrogen-bond acceptors (Lipinski definition) is 4. The second-order valence-electron chi connectivity index (χ2n) is 3.94. The van der Waals surface area contributed by atoms with Gasteiger partial charge in [-0.25, -0.2) is 0 Å². The minimum Gasteiger partial charge on any atom is -0.480 e.